The summed E-state index contributed by atoms with van der Waals surface area (Å²) in [4.78, 5) is 57.0. The lowest BCUT2D eigenvalue weighted by atomic mass is 9.87. The molecule has 1 aromatic heterocycles. The quantitative estimate of drug-likeness (QED) is 0.278. The molecular weight excluding hydrogens is 671 g/mol. The van der Waals surface area contributed by atoms with Crippen LogP contribution in [0.5, 0.6) is 0 Å². The summed E-state index contributed by atoms with van der Waals surface area (Å²) in [5.74, 6) is -2.43. The molecule has 1 unspecified atom stereocenters. The molecule has 3 aliphatic rings. The Morgan fingerprint density at radius 1 is 1.10 bits per heavy atom. The fourth-order valence-electron chi connectivity index (χ4n) is 7.54. The summed E-state index contributed by atoms with van der Waals surface area (Å²) < 4.78 is 22.8. The molecule has 2 saturated heterocycles. The third-order valence-electron chi connectivity index (χ3n) is 10.2. The molecule has 3 atom stereocenters. The molecule has 1 aliphatic carbocycles. The first-order valence-corrected chi connectivity index (χ1v) is 18.1. The number of amides is 3. The van der Waals surface area contributed by atoms with Gasteiger partial charge < -0.3 is 25.0 Å². The lowest BCUT2D eigenvalue weighted by Gasteiger charge is -2.31. The van der Waals surface area contributed by atoms with E-state index in [1.165, 1.54) is 17.4 Å². The molecule has 13 heteroatoms. The smallest absolute Gasteiger partial charge is 0.306 e. The molecule has 1 saturated carbocycles. The summed E-state index contributed by atoms with van der Waals surface area (Å²) in [5, 5.41) is 14.8. The van der Waals surface area contributed by atoms with Crippen LogP contribution in [-0.4, -0.2) is 102 Å². The van der Waals surface area contributed by atoms with Gasteiger partial charge in [-0.1, -0.05) is 29.8 Å². The normalized spacial score (nSPS) is 24.3. The van der Waals surface area contributed by atoms with Crippen LogP contribution in [0.25, 0.3) is 10.1 Å². The molecule has 2 N–H and O–H groups in total. The summed E-state index contributed by atoms with van der Waals surface area (Å²) >= 11 is 7.98. The number of carboxylic acid groups (broad SMARTS) is 1. The first kappa shape index (κ1) is 35.3. The Morgan fingerprint density at radius 2 is 1.86 bits per heavy atom. The Labute approximate surface area is 294 Å². The number of fused-ring (bicyclic) bond motifs is 1. The SMILES string of the molecule is CN(C)C(=O)C1CCCN1[C@H]1C[C@@H](CO[C@H]2CC[C@H](C(=O)O)CC2)N(C(=O)Cc2cc(Cl)c(NC(=O)c3csc4ccccc34)cc2F)C1. The van der Waals surface area contributed by atoms with Gasteiger partial charge in [0, 0.05) is 42.1 Å². The van der Waals surface area contributed by atoms with E-state index in [0.717, 1.165) is 35.5 Å². The number of aliphatic carboxylic acids is 1. The van der Waals surface area contributed by atoms with Crippen LogP contribution in [-0.2, 0) is 25.5 Å². The number of carbonyl (C=O) groups is 4. The van der Waals surface area contributed by atoms with E-state index in [0.29, 0.717) is 44.2 Å². The number of likely N-dealkylation sites (N-methyl/N-ethyl adjacent to an activating group) is 1. The van der Waals surface area contributed by atoms with Crippen LogP contribution in [0.4, 0.5) is 10.1 Å². The molecule has 0 radical (unpaired) electrons. The molecule has 0 spiro atoms. The lowest BCUT2D eigenvalue weighted by Crippen LogP contribution is -2.48. The van der Waals surface area contributed by atoms with Gasteiger partial charge >= 0.3 is 5.97 Å². The van der Waals surface area contributed by atoms with Gasteiger partial charge in [-0.25, -0.2) is 4.39 Å². The number of hydrogen-bond acceptors (Lipinski definition) is 7. The average Bonchev–Trinajstić information content (AvgIpc) is 3.84. The van der Waals surface area contributed by atoms with Crippen LogP contribution in [0.3, 0.4) is 0 Å². The number of halogens is 2. The van der Waals surface area contributed by atoms with Gasteiger partial charge in [0.2, 0.25) is 11.8 Å². The van der Waals surface area contributed by atoms with Gasteiger partial charge in [0.1, 0.15) is 5.82 Å². The highest BCUT2D eigenvalue weighted by Gasteiger charge is 2.44. The third-order valence-corrected chi connectivity index (χ3v) is 11.5. The van der Waals surface area contributed by atoms with E-state index < -0.39 is 17.7 Å². The highest BCUT2D eigenvalue weighted by atomic mass is 35.5. The highest BCUT2D eigenvalue weighted by Crippen LogP contribution is 2.34. The van der Waals surface area contributed by atoms with Crippen molar-refractivity contribution in [3.05, 3.63) is 63.7 Å². The Balaban J connectivity index is 1.15. The molecule has 10 nitrogen and oxygen atoms in total. The number of likely N-dealkylation sites (tertiary alicyclic amines) is 2. The Morgan fingerprint density at radius 3 is 2.59 bits per heavy atom. The second kappa shape index (κ2) is 15.1. The van der Waals surface area contributed by atoms with Crippen LogP contribution in [0, 0.1) is 11.7 Å². The number of nitrogens with zero attached hydrogens (tertiary/aromatic N) is 3. The molecule has 3 amide bonds. The van der Waals surface area contributed by atoms with Gasteiger partial charge in [0.15, 0.2) is 0 Å². The maximum Gasteiger partial charge on any atom is 0.306 e. The fourth-order valence-corrected chi connectivity index (χ4v) is 8.71. The van der Waals surface area contributed by atoms with Crippen molar-refractivity contribution in [2.24, 2.45) is 5.92 Å². The van der Waals surface area contributed by atoms with Gasteiger partial charge in [-0.2, -0.15) is 0 Å². The number of anilines is 1. The summed E-state index contributed by atoms with van der Waals surface area (Å²) in [5.41, 5.74) is 0.702. The van der Waals surface area contributed by atoms with E-state index in [2.05, 4.69) is 10.2 Å². The molecular formula is C36H42ClFN4O6S. The van der Waals surface area contributed by atoms with Crippen molar-refractivity contribution in [1.29, 1.82) is 0 Å². The second-order valence-corrected chi connectivity index (χ2v) is 14.9. The topological polar surface area (TPSA) is 119 Å². The van der Waals surface area contributed by atoms with Crippen LogP contribution >= 0.6 is 22.9 Å². The summed E-state index contributed by atoms with van der Waals surface area (Å²) in [7, 11) is 3.50. The number of nitrogens with one attached hydrogen (secondary N) is 1. The zero-order valence-corrected chi connectivity index (χ0v) is 29.3. The monoisotopic (exact) mass is 712 g/mol. The first-order valence-electron chi connectivity index (χ1n) is 16.9. The fraction of sp³-hybridized carbons (Fsp3) is 0.500. The van der Waals surface area contributed by atoms with Crippen molar-refractivity contribution >= 4 is 62.4 Å². The van der Waals surface area contributed by atoms with E-state index in [1.54, 1.807) is 29.3 Å². The minimum absolute atomic E-state index is 0.0429. The van der Waals surface area contributed by atoms with Crippen molar-refractivity contribution in [1.82, 2.24) is 14.7 Å². The van der Waals surface area contributed by atoms with E-state index in [4.69, 9.17) is 16.3 Å². The van der Waals surface area contributed by atoms with E-state index in [1.807, 2.05) is 24.3 Å². The summed E-state index contributed by atoms with van der Waals surface area (Å²) in [6.45, 7) is 1.41. The molecule has 3 heterocycles. The lowest BCUT2D eigenvalue weighted by molar-refractivity contribution is -0.144. The number of carboxylic acids is 1. The molecule has 2 aromatic carbocycles. The molecule has 262 valence electrons. The number of benzene rings is 2. The largest absolute Gasteiger partial charge is 0.481 e. The number of thiophene rings is 1. The number of carbonyl (C=O) groups excluding carboxylic acids is 3. The first-order chi connectivity index (χ1) is 23.5. The van der Waals surface area contributed by atoms with Crippen LogP contribution < -0.4 is 5.32 Å². The van der Waals surface area contributed by atoms with Crippen molar-refractivity contribution in [2.45, 2.75) is 75.6 Å². The number of rotatable bonds is 10. The van der Waals surface area contributed by atoms with E-state index in [9.17, 15) is 24.3 Å². The number of hydrogen-bond donors (Lipinski definition) is 2. The summed E-state index contributed by atoms with van der Waals surface area (Å²) in [6, 6.07) is 9.47. The van der Waals surface area contributed by atoms with Gasteiger partial charge in [-0.05, 0) is 75.3 Å². The van der Waals surface area contributed by atoms with Crippen LogP contribution in [0.2, 0.25) is 5.02 Å². The Bertz CT molecular complexity index is 1730. The predicted molar refractivity (Wildman–Crippen MR) is 187 cm³/mol. The maximum atomic E-state index is 15.5. The average molecular weight is 713 g/mol. The minimum Gasteiger partial charge on any atom is -0.481 e. The van der Waals surface area contributed by atoms with Crippen molar-refractivity contribution in [2.75, 3.05) is 39.1 Å². The molecule has 2 aliphatic heterocycles. The Kier molecular flexibility index (Phi) is 10.9. The van der Waals surface area contributed by atoms with Crippen molar-refractivity contribution in [3.8, 4) is 0 Å². The van der Waals surface area contributed by atoms with Gasteiger partial charge in [0.05, 0.1) is 53.4 Å². The van der Waals surface area contributed by atoms with Gasteiger partial charge in [-0.3, -0.25) is 24.1 Å². The third kappa shape index (κ3) is 7.77. The van der Waals surface area contributed by atoms with Crippen molar-refractivity contribution in [3.63, 3.8) is 0 Å². The second-order valence-electron chi connectivity index (χ2n) is 13.6. The predicted octanol–water partition coefficient (Wildman–Crippen LogP) is 5.67. The molecule has 6 rings (SSSR count). The molecule has 3 fully saturated rings. The zero-order chi connectivity index (χ0) is 34.8. The van der Waals surface area contributed by atoms with Gasteiger partial charge in [0.25, 0.3) is 5.91 Å². The van der Waals surface area contributed by atoms with Crippen LogP contribution in [0.1, 0.15) is 60.9 Å². The number of ether oxygens (including phenoxy) is 1. The zero-order valence-electron chi connectivity index (χ0n) is 27.7. The van der Waals surface area contributed by atoms with E-state index in [-0.39, 0.29) is 71.3 Å². The standard InChI is InChI=1S/C36H42ClFN4O6S/c1-40(2)35(45)31-7-5-13-41(31)23-16-24(19-48-25-11-9-21(10-12-25)36(46)47)42(18-23)33(43)15-22-14-28(37)30(17-29(22)38)39-34(44)27-20-49-32-8-4-3-6-26(27)32/h3-4,6,8,14,17,20-21,23-25,31H,5,7,9-13,15-16,18-19H2,1-2H3,(H,39,44)(H,46,47)/t21-,23-,24-,25-,31?/m0/s1. The van der Waals surface area contributed by atoms with E-state index >= 15 is 4.39 Å². The minimum atomic E-state index is -0.778. The van der Waals surface area contributed by atoms with Gasteiger partial charge in [-0.15, -0.1) is 11.3 Å². The molecule has 3 aromatic rings. The van der Waals surface area contributed by atoms with Crippen LogP contribution in [0.15, 0.2) is 41.8 Å². The van der Waals surface area contributed by atoms with Crippen molar-refractivity contribution < 1.29 is 33.4 Å². The molecule has 49 heavy (non-hydrogen) atoms. The Hall–Kier alpha value is -3.58. The molecule has 0 bridgehead atoms. The maximum absolute atomic E-state index is 15.5. The highest BCUT2D eigenvalue weighted by molar-refractivity contribution is 7.17. The summed E-state index contributed by atoms with van der Waals surface area (Å²) in [6.07, 6.45) is 4.32.